The van der Waals surface area contributed by atoms with Gasteiger partial charge in [0.1, 0.15) is 6.04 Å². The largest absolute Gasteiger partial charge is 0.353 e. The van der Waals surface area contributed by atoms with E-state index in [2.05, 4.69) is 27.5 Å². The predicted octanol–water partition coefficient (Wildman–Crippen LogP) is 0.743. The molecule has 0 aromatic heterocycles. The van der Waals surface area contributed by atoms with Crippen LogP contribution in [-0.2, 0) is 14.4 Å². The molecule has 2 N–H and O–H groups in total. The molecule has 0 spiro atoms. The van der Waals surface area contributed by atoms with Crippen molar-refractivity contribution < 1.29 is 14.4 Å². The van der Waals surface area contributed by atoms with Crippen molar-refractivity contribution >= 4 is 34.2 Å². The van der Waals surface area contributed by atoms with E-state index in [1.54, 1.807) is 4.90 Å². The quantitative estimate of drug-likeness (QED) is 0.741. The molecule has 31 heavy (non-hydrogen) atoms. The van der Waals surface area contributed by atoms with E-state index in [0.717, 1.165) is 37.0 Å². The third kappa shape index (κ3) is 5.03. The fraction of sp³-hybridized carbons (Fsp3) is 0.435. The number of hydrogen-bond acceptors (Lipinski definition) is 5. The Hall–Kier alpha value is -2.97. The van der Waals surface area contributed by atoms with Gasteiger partial charge >= 0.3 is 0 Å². The summed E-state index contributed by atoms with van der Waals surface area (Å²) in [5.74, 6) is -0.649. The van der Waals surface area contributed by atoms with Crippen molar-refractivity contribution in [3.63, 3.8) is 0 Å². The van der Waals surface area contributed by atoms with Crippen LogP contribution >= 0.6 is 0 Å². The molecule has 2 heterocycles. The van der Waals surface area contributed by atoms with Crippen LogP contribution in [-0.4, -0.2) is 91.3 Å². The van der Waals surface area contributed by atoms with Crippen LogP contribution in [0.5, 0.6) is 0 Å². The summed E-state index contributed by atoms with van der Waals surface area (Å²) in [7, 11) is 2.07. The molecule has 0 bridgehead atoms. The monoisotopic (exact) mass is 423 g/mol. The highest BCUT2D eigenvalue weighted by Crippen LogP contribution is 2.23. The highest BCUT2D eigenvalue weighted by molar-refractivity contribution is 6.04. The second kappa shape index (κ2) is 9.45. The first kappa shape index (κ1) is 21.3. The summed E-state index contributed by atoms with van der Waals surface area (Å²) in [6.07, 6.45) is -0.0659. The van der Waals surface area contributed by atoms with Gasteiger partial charge in [0.15, 0.2) is 0 Å². The van der Waals surface area contributed by atoms with Crippen molar-refractivity contribution in [2.24, 2.45) is 0 Å². The molecule has 2 aromatic rings. The van der Waals surface area contributed by atoms with Crippen molar-refractivity contribution in [3.05, 3.63) is 42.5 Å². The minimum Gasteiger partial charge on any atom is -0.353 e. The summed E-state index contributed by atoms with van der Waals surface area (Å²) in [4.78, 5) is 44.3. The number of benzene rings is 2. The minimum atomic E-state index is -0.788. The number of fused-ring (bicyclic) bond motifs is 1. The Morgan fingerprint density at radius 1 is 1.03 bits per heavy atom. The van der Waals surface area contributed by atoms with Gasteiger partial charge in [-0.1, -0.05) is 36.4 Å². The SMILES string of the molecule is CN1CCN(CC(=O)N2CCNC(=O)C2CC(=O)Nc2cccc3ccccc23)CC1. The summed E-state index contributed by atoms with van der Waals surface area (Å²) in [6.45, 7) is 4.61. The van der Waals surface area contributed by atoms with E-state index < -0.39 is 6.04 Å². The highest BCUT2D eigenvalue weighted by atomic mass is 16.2. The number of amides is 3. The molecule has 164 valence electrons. The average Bonchev–Trinajstić information content (AvgIpc) is 2.77. The molecule has 8 heteroatoms. The maximum atomic E-state index is 13.0. The molecule has 0 aliphatic carbocycles. The first-order valence-corrected chi connectivity index (χ1v) is 10.8. The average molecular weight is 424 g/mol. The molecule has 2 aliphatic heterocycles. The van der Waals surface area contributed by atoms with E-state index in [4.69, 9.17) is 0 Å². The third-order valence-corrected chi connectivity index (χ3v) is 6.05. The number of nitrogens with zero attached hydrogens (tertiary/aromatic N) is 3. The Labute approximate surface area is 182 Å². The Balaban J connectivity index is 1.42. The minimum absolute atomic E-state index is 0.0659. The van der Waals surface area contributed by atoms with Gasteiger partial charge in [-0.2, -0.15) is 0 Å². The predicted molar refractivity (Wildman–Crippen MR) is 120 cm³/mol. The second-order valence-corrected chi connectivity index (χ2v) is 8.25. The molecule has 2 aliphatic rings. The van der Waals surface area contributed by atoms with Crippen LogP contribution < -0.4 is 10.6 Å². The zero-order valence-corrected chi connectivity index (χ0v) is 17.8. The molecular formula is C23H29N5O3. The number of anilines is 1. The zero-order valence-electron chi connectivity index (χ0n) is 17.8. The third-order valence-electron chi connectivity index (χ3n) is 6.05. The first-order chi connectivity index (χ1) is 15.0. The fourth-order valence-corrected chi connectivity index (χ4v) is 4.22. The summed E-state index contributed by atoms with van der Waals surface area (Å²) in [5.41, 5.74) is 0.703. The van der Waals surface area contributed by atoms with E-state index >= 15 is 0 Å². The Kier molecular flexibility index (Phi) is 6.48. The van der Waals surface area contributed by atoms with Crippen LogP contribution in [0.1, 0.15) is 6.42 Å². The summed E-state index contributed by atoms with van der Waals surface area (Å²) in [5, 5.41) is 7.68. The van der Waals surface area contributed by atoms with Crippen molar-refractivity contribution in [3.8, 4) is 0 Å². The lowest BCUT2D eigenvalue weighted by Crippen LogP contribution is -2.60. The maximum Gasteiger partial charge on any atom is 0.243 e. The fourth-order valence-electron chi connectivity index (χ4n) is 4.22. The van der Waals surface area contributed by atoms with E-state index in [1.807, 2.05) is 42.5 Å². The van der Waals surface area contributed by atoms with Crippen LogP contribution in [0.25, 0.3) is 10.8 Å². The van der Waals surface area contributed by atoms with E-state index in [9.17, 15) is 14.4 Å². The lowest BCUT2D eigenvalue weighted by atomic mass is 10.1. The summed E-state index contributed by atoms with van der Waals surface area (Å²) in [6, 6.07) is 12.7. The standard InChI is InChI=1S/C23H29N5O3/c1-26-11-13-27(14-12-26)16-22(30)28-10-9-24-23(31)20(28)15-21(29)25-19-8-4-6-17-5-2-3-7-18(17)19/h2-8,20H,9-16H2,1H3,(H,24,31)(H,25,29). The van der Waals surface area contributed by atoms with Gasteiger partial charge < -0.3 is 20.4 Å². The van der Waals surface area contributed by atoms with Gasteiger partial charge in [-0.05, 0) is 18.5 Å². The molecule has 1 atom stereocenters. The van der Waals surface area contributed by atoms with Gasteiger partial charge in [0, 0.05) is 50.3 Å². The van der Waals surface area contributed by atoms with Crippen molar-refractivity contribution in [2.45, 2.75) is 12.5 Å². The summed E-state index contributed by atoms with van der Waals surface area (Å²) >= 11 is 0. The van der Waals surface area contributed by atoms with Gasteiger partial charge in [0.05, 0.1) is 13.0 Å². The normalized spacial score (nSPS) is 20.5. The van der Waals surface area contributed by atoms with Crippen LogP contribution in [0.15, 0.2) is 42.5 Å². The molecule has 2 aromatic carbocycles. The number of piperazine rings is 2. The van der Waals surface area contributed by atoms with Crippen LogP contribution in [0.4, 0.5) is 5.69 Å². The van der Waals surface area contributed by atoms with Crippen molar-refractivity contribution in [2.75, 3.05) is 58.2 Å². The van der Waals surface area contributed by atoms with E-state index in [0.29, 0.717) is 18.8 Å². The van der Waals surface area contributed by atoms with Crippen molar-refractivity contribution in [1.29, 1.82) is 0 Å². The number of carbonyl (C=O) groups is 3. The van der Waals surface area contributed by atoms with Crippen LogP contribution in [0.2, 0.25) is 0 Å². The molecule has 2 fully saturated rings. The zero-order chi connectivity index (χ0) is 21.8. The molecule has 2 saturated heterocycles. The molecule has 3 amide bonds. The number of nitrogens with one attached hydrogen (secondary N) is 2. The Morgan fingerprint density at radius 2 is 1.77 bits per heavy atom. The lowest BCUT2D eigenvalue weighted by Gasteiger charge is -2.37. The van der Waals surface area contributed by atoms with Gasteiger partial charge in [-0.25, -0.2) is 0 Å². The summed E-state index contributed by atoms with van der Waals surface area (Å²) < 4.78 is 0. The number of carbonyl (C=O) groups excluding carboxylic acids is 3. The first-order valence-electron chi connectivity index (χ1n) is 10.8. The Bertz CT molecular complexity index is 965. The van der Waals surface area contributed by atoms with Gasteiger partial charge in [0.25, 0.3) is 0 Å². The van der Waals surface area contributed by atoms with E-state index in [1.165, 1.54) is 0 Å². The smallest absolute Gasteiger partial charge is 0.243 e. The molecule has 4 rings (SSSR count). The van der Waals surface area contributed by atoms with Gasteiger partial charge in [-0.3, -0.25) is 19.3 Å². The molecule has 0 radical (unpaired) electrons. The van der Waals surface area contributed by atoms with Crippen LogP contribution in [0.3, 0.4) is 0 Å². The number of hydrogen-bond donors (Lipinski definition) is 2. The topological polar surface area (TPSA) is 85.0 Å². The highest BCUT2D eigenvalue weighted by Gasteiger charge is 2.35. The van der Waals surface area contributed by atoms with E-state index in [-0.39, 0.29) is 30.7 Å². The van der Waals surface area contributed by atoms with Gasteiger partial charge in [0.2, 0.25) is 17.7 Å². The number of likely N-dealkylation sites (N-methyl/N-ethyl adjacent to an activating group) is 1. The molecule has 0 saturated carbocycles. The van der Waals surface area contributed by atoms with Crippen molar-refractivity contribution in [1.82, 2.24) is 20.0 Å². The molecular weight excluding hydrogens is 394 g/mol. The molecule has 1 unspecified atom stereocenters. The molecule has 8 nitrogen and oxygen atoms in total. The second-order valence-electron chi connectivity index (χ2n) is 8.25. The maximum absolute atomic E-state index is 13.0. The van der Waals surface area contributed by atoms with Gasteiger partial charge in [-0.15, -0.1) is 0 Å². The Morgan fingerprint density at radius 3 is 2.58 bits per heavy atom. The lowest BCUT2D eigenvalue weighted by molar-refractivity contribution is -0.145. The van der Waals surface area contributed by atoms with Crippen LogP contribution in [0, 0.1) is 0 Å². The number of rotatable bonds is 5.